The van der Waals surface area contributed by atoms with E-state index in [0.29, 0.717) is 11.2 Å². The van der Waals surface area contributed by atoms with Gasteiger partial charge in [0.05, 0.1) is 5.69 Å². The van der Waals surface area contributed by atoms with Gasteiger partial charge in [0.2, 0.25) is 0 Å². The molecule has 2 aromatic rings. The molecule has 0 saturated carbocycles. The maximum atomic E-state index is 9.59. The predicted molar refractivity (Wildman–Crippen MR) is 48.5 cm³/mol. The Balaban J connectivity index is 2.96. The molecule has 2 heterocycles. The van der Waals surface area contributed by atoms with E-state index in [2.05, 4.69) is 16.3 Å². The van der Waals surface area contributed by atoms with Crippen LogP contribution in [0, 0.1) is 20.2 Å². The van der Waals surface area contributed by atoms with E-state index in [1.165, 1.54) is 0 Å². The van der Waals surface area contributed by atoms with Gasteiger partial charge in [0, 0.05) is 12.6 Å². The fourth-order valence-corrected chi connectivity index (χ4v) is 1.36. The summed E-state index contributed by atoms with van der Waals surface area (Å²) in [4.78, 5) is 8.25. The highest BCUT2D eigenvalue weighted by Gasteiger charge is 2.11. The lowest BCUT2D eigenvalue weighted by Gasteiger charge is -2.02. The van der Waals surface area contributed by atoms with Crippen molar-refractivity contribution in [3.05, 3.63) is 17.6 Å². The summed E-state index contributed by atoms with van der Waals surface area (Å²) in [6, 6.07) is 0. The van der Waals surface area contributed by atoms with Crippen LogP contribution in [-0.4, -0.2) is 19.6 Å². The number of nitrogens with zero attached hydrogens (tertiary/aromatic N) is 3. The van der Waals surface area contributed by atoms with Crippen LogP contribution in [0.1, 0.15) is 11.3 Å². The van der Waals surface area contributed by atoms with E-state index < -0.39 is 0 Å². The summed E-state index contributed by atoms with van der Waals surface area (Å²) in [6.07, 6.45) is 2.76. The number of aryl methyl sites for hydroxylation is 3. The first-order valence-electron chi connectivity index (χ1n) is 4.01. The van der Waals surface area contributed by atoms with Crippen molar-refractivity contribution in [2.24, 2.45) is 7.05 Å². The number of hydrogen-bond acceptors (Lipinski definition) is 3. The van der Waals surface area contributed by atoms with E-state index in [-0.39, 0.29) is 5.75 Å². The summed E-state index contributed by atoms with van der Waals surface area (Å²) in [5, 5.41) is 9.59. The average molecular weight is 176 g/mol. The van der Waals surface area contributed by atoms with Gasteiger partial charge in [-0.2, -0.15) is 0 Å². The summed E-state index contributed by atoms with van der Waals surface area (Å²) in [6.45, 7) is 3.60. The lowest BCUT2D eigenvalue weighted by molar-refractivity contribution is 0.464. The van der Waals surface area contributed by atoms with E-state index in [1.807, 2.05) is 14.0 Å². The standard InChI is InChI=1S/C9H10N3O/c1-5-7-9(12(3)4-10-7)11-6(2)8(5)13/h13H,1-3H3. The molecule has 2 rings (SSSR count). The molecule has 0 aromatic carbocycles. The highest BCUT2D eigenvalue weighted by Crippen LogP contribution is 2.25. The van der Waals surface area contributed by atoms with E-state index in [9.17, 15) is 5.11 Å². The molecule has 4 nitrogen and oxygen atoms in total. The quantitative estimate of drug-likeness (QED) is 0.653. The van der Waals surface area contributed by atoms with Crippen LogP contribution in [0.5, 0.6) is 5.75 Å². The van der Waals surface area contributed by atoms with Gasteiger partial charge >= 0.3 is 0 Å². The number of imidazole rings is 1. The molecule has 0 aliphatic carbocycles. The normalized spacial score (nSPS) is 11.0. The maximum Gasteiger partial charge on any atom is 0.178 e. The topological polar surface area (TPSA) is 50.9 Å². The average Bonchev–Trinajstić information content (AvgIpc) is 2.45. The molecule has 0 saturated heterocycles. The maximum absolute atomic E-state index is 9.59. The Labute approximate surface area is 75.9 Å². The molecule has 0 aliphatic heterocycles. The van der Waals surface area contributed by atoms with Crippen LogP contribution in [0.3, 0.4) is 0 Å². The van der Waals surface area contributed by atoms with E-state index in [4.69, 9.17) is 0 Å². The summed E-state index contributed by atoms with van der Waals surface area (Å²) in [5.74, 6) is 0.222. The van der Waals surface area contributed by atoms with E-state index >= 15 is 0 Å². The molecule has 0 amide bonds. The number of aromatic hydroxyl groups is 1. The van der Waals surface area contributed by atoms with Crippen molar-refractivity contribution in [3.8, 4) is 5.75 Å². The van der Waals surface area contributed by atoms with Gasteiger partial charge in [-0.3, -0.25) is 0 Å². The van der Waals surface area contributed by atoms with Crippen molar-refractivity contribution in [2.75, 3.05) is 0 Å². The molecule has 2 aromatic heterocycles. The van der Waals surface area contributed by atoms with Crippen LogP contribution in [0.15, 0.2) is 0 Å². The monoisotopic (exact) mass is 176 g/mol. The molecule has 0 unspecified atom stereocenters. The lowest BCUT2D eigenvalue weighted by Crippen LogP contribution is -1.92. The molecule has 0 atom stereocenters. The van der Waals surface area contributed by atoms with Crippen LogP contribution in [0.4, 0.5) is 0 Å². The van der Waals surface area contributed by atoms with Crippen molar-refractivity contribution in [2.45, 2.75) is 13.8 Å². The molecule has 1 N–H and O–H groups in total. The number of fused-ring (bicyclic) bond motifs is 1. The first-order chi connectivity index (χ1) is 6.11. The zero-order valence-electron chi connectivity index (χ0n) is 7.79. The van der Waals surface area contributed by atoms with Crippen molar-refractivity contribution < 1.29 is 5.11 Å². The summed E-state index contributed by atoms with van der Waals surface area (Å²) in [7, 11) is 1.83. The molecule has 13 heavy (non-hydrogen) atoms. The Morgan fingerprint density at radius 1 is 1.38 bits per heavy atom. The summed E-state index contributed by atoms with van der Waals surface area (Å²) in [5.41, 5.74) is 2.86. The molecule has 4 heteroatoms. The van der Waals surface area contributed by atoms with Gasteiger partial charge in [0.15, 0.2) is 12.0 Å². The molecule has 0 spiro atoms. The minimum Gasteiger partial charge on any atom is -0.506 e. The molecule has 0 aliphatic rings. The van der Waals surface area contributed by atoms with Crippen LogP contribution in [-0.2, 0) is 7.05 Å². The smallest absolute Gasteiger partial charge is 0.178 e. The SMILES string of the molecule is Cc1nc2c(n[c]n2C)c(C)c1O. The van der Waals surface area contributed by atoms with Gasteiger partial charge in [-0.05, 0) is 13.8 Å². The van der Waals surface area contributed by atoms with Crippen molar-refractivity contribution in [3.63, 3.8) is 0 Å². The largest absolute Gasteiger partial charge is 0.506 e. The Morgan fingerprint density at radius 3 is 2.77 bits per heavy atom. The van der Waals surface area contributed by atoms with Gasteiger partial charge in [0.25, 0.3) is 0 Å². The third-order valence-corrected chi connectivity index (χ3v) is 2.17. The summed E-state index contributed by atoms with van der Waals surface area (Å²) < 4.78 is 1.72. The molecule has 67 valence electrons. The fraction of sp³-hybridized carbons (Fsp3) is 0.333. The highest BCUT2D eigenvalue weighted by molar-refractivity contribution is 5.77. The number of aromatic nitrogens is 3. The van der Waals surface area contributed by atoms with Gasteiger partial charge in [-0.25, -0.2) is 9.97 Å². The second kappa shape index (κ2) is 2.45. The summed E-state index contributed by atoms with van der Waals surface area (Å²) >= 11 is 0. The minimum atomic E-state index is 0.222. The Hall–Kier alpha value is -1.58. The van der Waals surface area contributed by atoms with Gasteiger partial charge in [-0.15, -0.1) is 0 Å². The molecular formula is C9H10N3O. The Bertz CT molecular complexity index is 473. The van der Waals surface area contributed by atoms with Crippen molar-refractivity contribution in [1.82, 2.24) is 14.5 Å². The minimum absolute atomic E-state index is 0.222. The molecular weight excluding hydrogens is 166 g/mol. The van der Waals surface area contributed by atoms with E-state index in [0.717, 1.165) is 11.2 Å². The highest BCUT2D eigenvalue weighted by atomic mass is 16.3. The van der Waals surface area contributed by atoms with Gasteiger partial charge in [-0.1, -0.05) is 0 Å². The third-order valence-electron chi connectivity index (χ3n) is 2.17. The van der Waals surface area contributed by atoms with Crippen molar-refractivity contribution in [1.29, 1.82) is 0 Å². The van der Waals surface area contributed by atoms with Crippen LogP contribution in [0.2, 0.25) is 0 Å². The molecule has 0 fully saturated rings. The fourth-order valence-electron chi connectivity index (χ4n) is 1.36. The first-order valence-corrected chi connectivity index (χ1v) is 4.01. The molecule has 1 radical (unpaired) electrons. The zero-order chi connectivity index (χ0) is 9.59. The van der Waals surface area contributed by atoms with Crippen LogP contribution in [0.25, 0.3) is 11.2 Å². The van der Waals surface area contributed by atoms with Gasteiger partial charge < -0.3 is 9.67 Å². The van der Waals surface area contributed by atoms with E-state index in [1.54, 1.807) is 11.5 Å². The number of rotatable bonds is 0. The van der Waals surface area contributed by atoms with Crippen LogP contribution >= 0.6 is 0 Å². The third kappa shape index (κ3) is 0.983. The first kappa shape index (κ1) is 8.04. The number of pyridine rings is 1. The second-order valence-electron chi connectivity index (χ2n) is 3.11. The predicted octanol–water partition coefficient (Wildman–Crippen LogP) is 1.09. The second-order valence-corrected chi connectivity index (χ2v) is 3.11. The van der Waals surface area contributed by atoms with Crippen molar-refractivity contribution >= 4 is 11.2 Å². The Morgan fingerprint density at radius 2 is 2.08 bits per heavy atom. The molecule has 0 bridgehead atoms. The number of hydrogen-bond donors (Lipinski definition) is 1. The van der Waals surface area contributed by atoms with Crippen LogP contribution < -0.4 is 0 Å². The Kier molecular flexibility index (Phi) is 1.52. The lowest BCUT2D eigenvalue weighted by atomic mass is 10.2. The van der Waals surface area contributed by atoms with Gasteiger partial charge in [0.1, 0.15) is 11.3 Å². The zero-order valence-corrected chi connectivity index (χ0v) is 7.79.